The second-order valence-corrected chi connectivity index (χ2v) is 6.19. The Labute approximate surface area is 140 Å². The molecule has 0 spiro atoms. The van der Waals surface area contributed by atoms with Crippen molar-refractivity contribution in [3.63, 3.8) is 0 Å². The Bertz CT molecular complexity index is 671. The minimum Gasteiger partial charge on any atom is -0.393 e. The molecular weight excluding hydrogens is 308 g/mol. The molecule has 2 atom stereocenters. The van der Waals surface area contributed by atoms with Crippen LogP contribution in [0.4, 0.5) is 0 Å². The third-order valence-electron chi connectivity index (χ3n) is 4.23. The molecule has 24 heavy (non-hydrogen) atoms. The Morgan fingerprint density at radius 1 is 1.50 bits per heavy atom. The summed E-state index contributed by atoms with van der Waals surface area (Å²) < 4.78 is 5.21. The van der Waals surface area contributed by atoms with Crippen LogP contribution in [0.3, 0.4) is 0 Å². The van der Waals surface area contributed by atoms with Crippen molar-refractivity contribution in [2.45, 2.75) is 51.2 Å². The maximum atomic E-state index is 12.4. The number of carbonyl (C=O) groups is 1. The number of likely N-dealkylation sites (tertiary alicyclic amines) is 1. The van der Waals surface area contributed by atoms with Crippen LogP contribution in [0.5, 0.6) is 0 Å². The Morgan fingerprint density at radius 2 is 2.38 bits per heavy atom. The number of rotatable bonds is 6. The number of aromatic nitrogens is 3. The fourth-order valence-electron chi connectivity index (χ4n) is 3.12. The Kier molecular flexibility index (Phi) is 5.20. The van der Waals surface area contributed by atoms with E-state index in [2.05, 4.69) is 15.1 Å². The molecule has 7 heteroatoms. The number of nitrogens with zero attached hydrogens (tertiary/aromatic N) is 4. The van der Waals surface area contributed by atoms with E-state index < -0.39 is 0 Å². The Balaban J connectivity index is 1.56. The van der Waals surface area contributed by atoms with Crippen LogP contribution in [0.1, 0.15) is 38.5 Å². The summed E-state index contributed by atoms with van der Waals surface area (Å²) in [7, 11) is 0. The van der Waals surface area contributed by atoms with E-state index >= 15 is 0 Å². The van der Waals surface area contributed by atoms with Gasteiger partial charge in [-0.05, 0) is 38.3 Å². The van der Waals surface area contributed by atoms with Gasteiger partial charge < -0.3 is 14.5 Å². The van der Waals surface area contributed by atoms with Crippen LogP contribution < -0.4 is 0 Å². The lowest BCUT2D eigenvalue weighted by atomic mass is 10.1. The molecule has 3 rings (SSSR count). The van der Waals surface area contributed by atoms with Crippen LogP contribution in [-0.4, -0.2) is 49.7 Å². The van der Waals surface area contributed by atoms with E-state index in [0.717, 1.165) is 19.4 Å². The van der Waals surface area contributed by atoms with Gasteiger partial charge in [0.15, 0.2) is 0 Å². The number of aliphatic hydroxyl groups is 1. The highest BCUT2D eigenvalue weighted by molar-refractivity contribution is 5.77. The zero-order chi connectivity index (χ0) is 16.9. The summed E-state index contributed by atoms with van der Waals surface area (Å²) in [4.78, 5) is 22.8. The largest absolute Gasteiger partial charge is 0.393 e. The first-order valence-corrected chi connectivity index (χ1v) is 8.35. The molecule has 0 radical (unpaired) electrons. The van der Waals surface area contributed by atoms with Crippen molar-refractivity contribution in [1.82, 2.24) is 20.0 Å². The van der Waals surface area contributed by atoms with E-state index in [1.54, 1.807) is 13.1 Å². The molecule has 7 nitrogen and oxygen atoms in total. The van der Waals surface area contributed by atoms with Gasteiger partial charge in [-0.1, -0.05) is 11.2 Å². The molecule has 3 heterocycles. The van der Waals surface area contributed by atoms with Crippen molar-refractivity contribution in [1.29, 1.82) is 0 Å². The Hall–Kier alpha value is -2.28. The summed E-state index contributed by atoms with van der Waals surface area (Å²) in [6.07, 6.45) is 4.62. The predicted molar refractivity (Wildman–Crippen MR) is 86.9 cm³/mol. The van der Waals surface area contributed by atoms with Gasteiger partial charge in [0.05, 0.1) is 6.10 Å². The molecule has 2 unspecified atom stereocenters. The van der Waals surface area contributed by atoms with Crippen molar-refractivity contribution in [3.05, 3.63) is 30.3 Å². The average molecular weight is 330 g/mol. The highest BCUT2D eigenvalue weighted by Crippen LogP contribution is 2.23. The number of amides is 1. The summed E-state index contributed by atoms with van der Waals surface area (Å²) >= 11 is 0. The number of aryl methyl sites for hydroxylation is 1. The summed E-state index contributed by atoms with van der Waals surface area (Å²) in [6.45, 7) is 2.53. The zero-order valence-corrected chi connectivity index (χ0v) is 13.8. The molecule has 1 aliphatic rings. The summed E-state index contributed by atoms with van der Waals surface area (Å²) in [5.74, 6) is 0.956. The number of aliphatic hydroxyl groups excluding tert-OH is 1. The third kappa shape index (κ3) is 3.97. The van der Waals surface area contributed by atoms with Crippen LogP contribution in [0.25, 0.3) is 11.5 Å². The smallest absolute Gasteiger partial charge is 0.227 e. The van der Waals surface area contributed by atoms with E-state index in [4.69, 9.17) is 4.52 Å². The van der Waals surface area contributed by atoms with Gasteiger partial charge in [-0.15, -0.1) is 0 Å². The molecule has 1 saturated heterocycles. The SMILES string of the molecule is CC(O)CC1CCCN1C(=O)CCc1nc(-c2ccccn2)no1. The molecule has 1 fully saturated rings. The lowest BCUT2D eigenvalue weighted by Gasteiger charge is -2.25. The molecule has 0 saturated carbocycles. The van der Waals surface area contributed by atoms with Crippen LogP contribution >= 0.6 is 0 Å². The summed E-state index contributed by atoms with van der Waals surface area (Å²) in [5, 5.41) is 13.5. The van der Waals surface area contributed by atoms with E-state index in [9.17, 15) is 9.90 Å². The van der Waals surface area contributed by atoms with Crippen molar-refractivity contribution in [2.24, 2.45) is 0 Å². The summed E-state index contributed by atoms with van der Waals surface area (Å²) in [5.41, 5.74) is 0.648. The van der Waals surface area contributed by atoms with Gasteiger partial charge in [0.25, 0.3) is 0 Å². The number of pyridine rings is 1. The normalized spacial score (nSPS) is 18.8. The average Bonchev–Trinajstić information content (AvgIpc) is 3.22. The molecule has 1 amide bonds. The lowest BCUT2D eigenvalue weighted by molar-refractivity contribution is -0.132. The minimum absolute atomic E-state index is 0.0794. The molecular formula is C17H22N4O3. The first-order valence-electron chi connectivity index (χ1n) is 8.35. The monoisotopic (exact) mass is 330 g/mol. The highest BCUT2D eigenvalue weighted by Gasteiger charge is 2.29. The van der Waals surface area contributed by atoms with Gasteiger partial charge >= 0.3 is 0 Å². The minimum atomic E-state index is -0.389. The maximum absolute atomic E-state index is 12.4. The number of carbonyl (C=O) groups excluding carboxylic acids is 1. The van der Waals surface area contributed by atoms with Crippen molar-refractivity contribution < 1.29 is 14.4 Å². The third-order valence-corrected chi connectivity index (χ3v) is 4.23. The van der Waals surface area contributed by atoms with Crippen molar-refractivity contribution in [2.75, 3.05) is 6.54 Å². The molecule has 1 N–H and O–H groups in total. The van der Waals surface area contributed by atoms with Gasteiger partial charge in [-0.3, -0.25) is 9.78 Å². The van der Waals surface area contributed by atoms with E-state index in [1.165, 1.54) is 0 Å². The van der Waals surface area contributed by atoms with Crippen molar-refractivity contribution >= 4 is 5.91 Å². The van der Waals surface area contributed by atoms with E-state index in [0.29, 0.717) is 36.7 Å². The maximum Gasteiger partial charge on any atom is 0.227 e. The second kappa shape index (κ2) is 7.53. The molecule has 128 valence electrons. The van der Waals surface area contributed by atoms with E-state index in [1.807, 2.05) is 23.1 Å². The zero-order valence-electron chi connectivity index (χ0n) is 13.8. The lowest BCUT2D eigenvalue weighted by Crippen LogP contribution is -2.37. The topological polar surface area (TPSA) is 92.3 Å². The molecule has 0 aromatic carbocycles. The quantitative estimate of drug-likeness (QED) is 0.868. The van der Waals surface area contributed by atoms with Crippen molar-refractivity contribution in [3.8, 4) is 11.5 Å². The highest BCUT2D eigenvalue weighted by atomic mass is 16.5. The molecule has 1 aliphatic heterocycles. The van der Waals surface area contributed by atoms with E-state index in [-0.39, 0.29) is 18.1 Å². The molecule has 2 aromatic rings. The number of hydrogen-bond acceptors (Lipinski definition) is 6. The van der Waals surface area contributed by atoms with Gasteiger partial charge in [0.2, 0.25) is 17.6 Å². The first-order chi connectivity index (χ1) is 11.6. The Morgan fingerprint density at radius 3 is 3.12 bits per heavy atom. The predicted octanol–water partition coefficient (Wildman–Crippen LogP) is 1.83. The second-order valence-electron chi connectivity index (χ2n) is 6.19. The van der Waals surface area contributed by atoms with Crippen LogP contribution in [0.2, 0.25) is 0 Å². The van der Waals surface area contributed by atoms with Gasteiger partial charge in [-0.2, -0.15) is 4.98 Å². The molecule has 0 bridgehead atoms. The molecule has 0 aliphatic carbocycles. The fraction of sp³-hybridized carbons (Fsp3) is 0.529. The van der Waals surface area contributed by atoms with Gasteiger partial charge in [-0.25, -0.2) is 0 Å². The standard InChI is InChI=1S/C17H22N4O3/c1-12(22)11-13-5-4-10-21(13)16(23)8-7-15-19-17(20-24-15)14-6-2-3-9-18-14/h2-3,6,9,12-13,22H,4-5,7-8,10-11H2,1H3. The number of hydrogen-bond donors (Lipinski definition) is 1. The van der Waals surface area contributed by atoms with Gasteiger partial charge in [0.1, 0.15) is 5.69 Å². The fourth-order valence-corrected chi connectivity index (χ4v) is 3.12. The van der Waals surface area contributed by atoms with Crippen LogP contribution in [0.15, 0.2) is 28.9 Å². The van der Waals surface area contributed by atoms with Crippen LogP contribution in [0, 0.1) is 0 Å². The first kappa shape index (κ1) is 16.6. The molecule has 2 aromatic heterocycles. The van der Waals surface area contributed by atoms with Gasteiger partial charge in [0, 0.05) is 31.6 Å². The van der Waals surface area contributed by atoms with Crippen LogP contribution in [-0.2, 0) is 11.2 Å². The summed E-state index contributed by atoms with van der Waals surface area (Å²) in [6, 6.07) is 5.63.